The predicted octanol–water partition coefficient (Wildman–Crippen LogP) is 5.04. The summed E-state index contributed by atoms with van der Waals surface area (Å²) in [6.07, 6.45) is 4.40. The van der Waals surface area contributed by atoms with E-state index in [0.29, 0.717) is 42.6 Å². The zero-order valence-electron chi connectivity index (χ0n) is 21.2. The number of fused-ring (bicyclic) bond motifs is 2. The zero-order chi connectivity index (χ0) is 25.8. The van der Waals surface area contributed by atoms with Crippen LogP contribution in [0.3, 0.4) is 0 Å². The summed E-state index contributed by atoms with van der Waals surface area (Å²) in [5, 5.41) is 5.18. The van der Waals surface area contributed by atoms with E-state index in [4.69, 9.17) is 4.74 Å². The molecule has 9 heteroatoms. The van der Waals surface area contributed by atoms with Gasteiger partial charge in [-0.05, 0) is 82.7 Å². The second-order valence-electron chi connectivity index (χ2n) is 10.5. The van der Waals surface area contributed by atoms with Crippen LogP contribution in [0.15, 0.2) is 41.5 Å². The Labute approximate surface area is 208 Å². The first-order chi connectivity index (χ1) is 17.0. The summed E-state index contributed by atoms with van der Waals surface area (Å²) in [5.74, 6) is -0.575. The van der Waals surface area contributed by atoms with Gasteiger partial charge in [-0.25, -0.2) is 18.7 Å². The van der Waals surface area contributed by atoms with E-state index in [9.17, 15) is 9.59 Å². The van der Waals surface area contributed by atoms with E-state index < -0.39 is 11.4 Å². The molecular formula is C27H30FN5O3. The SMILES string of the molecule is Cc1cn2nc(-c3cc(F)c4c(=O)n(C5CCN(C(=O)OC(C)(C)C)CC5)ccc4c3)cc(C)c2n1. The lowest BCUT2D eigenvalue weighted by molar-refractivity contribution is 0.0187. The number of rotatable bonds is 2. The lowest BCUT2D eigenvalue weighted by Gasteiger charge is -2.34. The van der Waals surface area contributed by atoms with Gasteiger partial charge in [-0.2, -0.15) is 5.10 Å². The normalized spacial score (nSPS) is 15.1. The minimum absolute atomic E-state index is 0.0621. The minimum atomic E-state index is -0.575. The fraction of sp³-hybridized carbons (Fsp3) is 0.407. The number of halogens is 1. The number of hydrogen-bond acceptors (Lipinski definition) is 5. The Kier molecular flexibility index (Phi) is 5.81. The highest BCUT2D eigenvalue weighted by molar-refractivity contribution is 5.87. The molecule has 0 saturated carbocycles. The molecule has 1 aliphatic rings. The van der Waals surface area contributed by atoms with Crippen LogP contribution in [0.25, 0.3) is 27.7 Å². The third-order valence-corrected chi connectivity index (χ3v) is 6.52. The number of aryl methyl sites for hydroxylation is 2. The summed E-state index contributed by atoms with van der Waals surface area (Å²) in [5.41, 5.74) is 2.83. The number of aromatic nitrogens is 4. The average Bonchev–Trinajstić information content (AvgIpc) is 3.19. The van der Waals surface area contributed by atoms with Gasteiger partial charge >= 0.3 is 6.09 Å². The van der Waals surface area contributed by atoms with E-state index in [0.717, 1.165) is 16.9 Å². The van der Waals surface area contributed by atoms with Gasteiger partial charge in [-0.3, -0.25) is 4.79 Å². The third kappa shape index (κ3) is 4.45. The molecule has 1 saturated heterocycles. The molecule has 3 aromatic heterocycles. The second-order valence-corrected chi connectivity index (χ2v) is 10.5. The molecule has 8 nitrogen and oxygen atoms in total. The minimum Gasteiger partial charge on any atom is -0.444 e. The monoisotopic (exact) mass is 491 g/mol. The van der Waals surface area contributed by atoms with Crippen molar-refractivity contribution < 1.29 is 13.9 Å². The molecule has 4 heterocycles. The van der Waals surface area contributed by atoms with Gasteiger partial charge in [0.05, 0.1) is 23.0 Å². The standard InChI is InChI=1S/C27H30FN5O3/c1-16-12-22(30-33-15-17(2)29-24(16)33)19-13-18-6-11-32(25(34)23(18)21(28)14-19)20-7-9-31(10-8-20)26(35)36-27(3,4)5/h6,11-15,20H,7-10H2,1-5H3. The van der Waals surface area contributed by atoms with Crippen molar-refractivity contribution in [3.63, 3.8) is 0 Å². The van der Waals surface area contributed by atoms with Crippen LogP contribution < -0.4 is 5.56 Å². The lowest BCUT2D eigenvalue weighted by Crippen LogP contribution is -2.43. The van der Waals surface area contributed by atoms with Crippen molar-refractivity contribution in [1.29, 1.82) is 0 Å². The van der Waals surface area contributed by atoms with Gasteiger partial charge in [0.15, 0.2) is 5.65 Å². The van der Waals surface area contributed by atoms with Crippen LogP contribution in [0.5, 0.6) is 0 Å². The largest absolute Gasteiger partial charge is 0.444 e. The summed E-state index contributed by atoms with van der Waals surface area (Å²) in [4.78, 5) is 31.8. The van der Waals surface area contributed by atoms with Crippen molar-refractivity contribution in [3.8, 4) is 11.3 Å². The van der Waals surface area contributed by atoms with Gasteiger partial charge in [0.1, 0.15) is 11.4 Å². The van der Waals surface area contributed by atoms with Crippen molar-refractivity contribution >= 4 is 22.5 Å². The Morgan fingerprint density at radius 1 is 1.14 bits per heavy atom. The quantitative estimate of drug-likeness (QED) is 0.392. The van der Waals surface area contributed by atoms with Crippen LogP contribution in [0.2, 0.25) is 0 Å². The molecule has 36 heavy (non-hydrogen) atoms. The van der Waals surface area contributed by atoms with Gasteiger partial charge < -0.3 is 14.2 Å². The third-order valence-electron chi connectivity index (χ3n) is 6.52. The summed E-state index contributed by atoms with van der Waals surface area (Å²) < 4.78 is 24.1. The van der Waals surface area contributed by atoms with E-state index in [-0.39, 0.29) is 23.1 Å². The molecule has 0 atom stereocenters. The highest BCUT2D eigenvalue weighted by atomic mass is 19.1. The number of pyridine rings is 1. The van der Waals surface area contributed by atoms with E-state index in [1.54, 1.807) is 32.3 Å². The number of benzene rings is 1. The van der Waals surface area contributed by atoms with Crippen LogP contribution >= 0.6 is 0 Å². The Morgan fingerprint density at radius 3 is 2.56 bits per heavy atom. The topological polar surface area (TPSA) is 81.7 Å². The van der Waals surface area contributed by atoms with Crippen molar-refractivity contribution in [1.82, 2.24) is 24.1 Å². The Balaban J connectivity index is 1.43. The van der Waals surface area contributed by atoms with Gasteiger partial charge in [-0.15, -0.1) is 0 Å². The van der Waals surface area contributed by atoms with Gasteiger partial charge in [0, 0.05) is 30.9 Å². The van der Waals surface area contributed by atoms with E-state index in [1.165, 1.54) is 6.07 Å². The number of imidazole rings is 1. The summed E-state index contributed by atoms with van der Waals surface area (Å²) in [7, 11) is 0. The van der Waals surface area contributed by atoms with Crippen molar-refractivity contribution in [2.45, 2.75) is 59.1 Å². The molecular weight excluding hydrogens is 461 g/mol. The summed E-state index contributed by atoms with van der Waals surface area (Å²) in [6.45, 7) is 10.3. The first-order valence-electron chi connectivity index (χ1n) is 12.2. The van der Waals surface area contributed by atoms with Crippen LogP contribution in [-0.4, -0.2) is 48.8 Å². The molecule has 188 valence electrons. The highest BCUT2D eigenvalue weighted by Gasteiger charge is 2.28. The zero-order valence-corrected chi connectivity index (χ0v) is 21.2. The molecule has 0 N–H and O–H groups in total. The lowest BCUT2D eigenvalue weighted by atomic mass is 10.0. The Bertz CT molecular complexity index is 1540. The molecule has 0 aliphatic carbocycles. The number of ether oxygens (including phenoxy) is 1. The van der Waals surface area contributed by atoms with Crippen LogP contribution in [0.1, 0.15) is 50.9 Å². The number of carbonyl (C=O) groups is 1. The van der Waals surface area contributed by atoms with Gasteiger partial charge in [0.25, 0.3) is 5.56 Å². The van der Waals surface area contributed by atoms with E-state index in [1.807, 2.05) is 46.9 Å². The number of piperidine rings is 1. The number of carbonyl (C=O) groups excluding carboxylic acids is 1. The summed E-state index contributed by atoms with van der Waals surface area (Å²) in [6, 6.07) is 6.71. The fourth-order valence-electron chi connectivity index (χ4n) is 4.82. The van der Waals surface area contributed by atoms with Crippen molar-refractivity contribution in [3.05, 3.63) is 64.1 Å². The Hall–Kier alpha value is -3.75. The second kappa shape index (κ2) is 8.72. The molecule has 0 spiro atoms. The first kappa shape index (κ1) is 24.0. The molecule has 5 rings (SSSR count). The molecule has 0 unspecified atom stereocenters. The maximum Gasteiger partial charge on any atom is 0.410 e. The molecule has 4 aromatic rings. The summed E-state index contributed by atoms with van der Waals surface area (Å²) >= 11 is 0. The maximum absolute atomic E-state index is 15.4. The number of amides is 1. The number of nitrogens with zero attached hydrogens (tertiary/aromatic N) is 5. The highest BCUT2D eigenvalue weighted by Crippen LogP contribution is 2.28. The maximum atomic E-state index is 15.4. The van der Waals surface area contributed by atoms with Crippen LogP contribution in [-0.2, 0) is 4.74 Å². The molecule has 0 radical (unpaired) electrons. The van der Waals surface area contributed by atoms with Gasteiger partial charge in [0.2, 0.25) is 0 Å². The van der Waals surface area contributed by atoms with Crippen molar-refractivity contribution in [2.75, 3.05) is 13.1 Å². The number of hydrogen-bond donors (Lipinski definition) is 0. The number of likely N-dealkylation sites (tertiary alicyclic amines) is 1. The van der Waals surface area contributed by atoms with E-state index >= 15 is 4.39 Å². The predicted molar refractivity (Wildman–Crippen MR) is 136 cm³/mol. The average molecular weight is 492 g/mol. The molecule has 1 amide bonds. The van der Waals surface area contributed by atoms with E-state index in [2.05, 4.69) is 10.1 Å². The van der Waals surface area contributed by atoms with Crippen LogP contribution in [0, 0.1) is 19.7 Å². The fourth-order valence-corrected chi connectivity index (χ4v) is 4.82. The molecule has 1 fully saturated rings. The first-order valence-corrected chi connectivity index (χ1v) is 12.2. The molecule has 1 aliphatic heterocycles. The molecule has 1 aromatic carbocycles. The van der Waals surface area contributed by atoms with Crippen molar-refractivity contribution in [2.24, 2.45) is 0 Å². The van der Waals surface area contributed by atoms with Crippen LogP contribution in [0.4, 0.5) is 9.18 Å². The smallest absolute Gasteiger partial charge is 0.410 e. The van der Waals surface area contributed by atoms with Gasteiger partial charge in [-0.1, -0.05) is 0 Å². The molecule has 0 bridgehead atoms. The Morgan fingerprint density at radius 2 is 1.86 bits per heavy atom.